The molecule has 0 radical (unpaired) electrons. The summed E-state index contributed by atoms with van der Waals surface area (Å²) in [5.41, 5.74) is 5.68. The number of hydrogen-bond acceptors (Lipinski definition) is 3. The molecule has 0 aliphatic carbocycles. The molecular weight excluding hydrogens is 365 g/mol. The van der Waals surface area contributed by atoms with Crippen molar-refractivity contribution in [1.29, 1.82) is 0 Å². The van der Waals surface area contributed by atoms with Crippen LogP contribution in [-0.4, -0.2) is 21.8 Å². The van der Waals surface area contributed by atoms with Crippen LogP contribution in [0.1, 0.15) is 94.7 Å². The Morgan fingerprint density at radius 2 is 1.55 bits per heavy atom. The molecular formula is C25H36FNO2. The number of halogens is 1. The van der Waals surface area contributed by atoms with Crippen LogP contribution in [0.25, 0.3) is 11.1 Å². The Balaban J connectivity index is 2.80. The Morgan fingerprint density at radius 3 is 2.07 bits per heavy atom. The summed E-state index contributed by atoms with van der Waals surface area (Å²) in [6.07, 6.45) is 5.88. The lowest BCUT2D eigenvalue weighted by molar-refractivity contribution is 0.299. The summed E-state index contributed by atoms with van der Waals surface area (Å²) in [4.78, 5) is 5.06. The zero-order chi connectivity index (χ0) is 21.6. The topological polar surface area (TPSA) is 53.4 Å². The average molecular weight is 402 g/mol. The minimum atomic E-state index is -0.457. The predicted octanol–water partition coefficient (Wildman–Crippen LogP) is 6.50. The summed E-state index contributed by atoms with van der Waals surface area (Å²) >= 11 is 0. The summed E-state index contributed by atoms with van der Waals surface area (Å²) in [5.74, 6) is -0.0981. The third kappa shape index (κ3) is 5.57. The van der Waals surface area contributed by atoms with Gasteiger partial charge in [-0.15, -0.1) is 0 Å². The van der Waals surface area contributed by atoms with E-state index in [2.05, 4.69) is 34.6 Å². The third-order valence-corrected chi connectivity index (χ3v) is 5.43. The van der Waals surface area contributed by atoms with Crippen molar-refractivity contribution in [2.75, 3.05) is 6.61 Å². The van der Waals surface area contributed by atoms with Gasteiger partial charge in [-0.1, -0.05) is 53.9 Å². The summed E-state index contributed by atoms with van der Waals surface area (Å²) in [6.45, 7) is 10.7. The molecule has 1 heterocycles. The van der Waals surface area contributed by atoms with E-state index in [0.717, 1.165) is 47.3 Å². The summed E-state index contributed by atoms with van der Waals surface area (Å²) in [7, 11) is 0. The highest BCUT2D eigenvalue weighted by molar-refractivity contribution is 5.78. The van der Waals surface area contributed by atoms with Crippen LogP contribution < -0.4 is 0 Å². The van der Waals surface area contributed by atoms with Crippen molar-refractivity contribution in [3.05, 3.63) is 46.5 Å². The Hall–Kier alpha value is -1.94. The first-order valence-electron chi connectivity index (χ1n) is 11.0. The van der Waals surface area contributed by atoms with E-state index in [4.69, 9.17) is 4.98 Å². The van der Waals surface area contributed by atoms with Gasteiger partial charge in [-0.05, 0) is 59.9 Å². The number of phenols is 1. The van der Waals surface area contributed by atoms with Gasteiger partial charge < -0.3 is 10.2 Å². The predicted molar refractivity (Wildman–Crippen MR) is 118 cm³/mol. The summed E-state index contributed by atoms with van der Waals surface area (Å²) < 4.78 is 13.7. The minimum Gasteiger partial charge on any atom is -0.507 e. The zero-order valence-electron chi connectivity index (χ0n) is 18.6. The SMILES string of the molecule is CCCCCCc1c(C(C)C)nc(C(C)C)c(CCO)c1-c1ccc(F)cc1O. The Bertz CT molecular complexity index is 815. The van der Waals surface area contributed by atoms with Gasteiger partial charge >= 0.3 is 0 Å². The van der Waals surface area contributed by atoms with Crippen LogP contribution in [0.2, 0.25) is 0 Å². The van der Waals surface area contributed by atoms with Crippen LogP contribution in [0.4, 0.5) is 4.39 Å². The highest BCUT2D eigenvalue weighted by atomic mass is 19.1. The standard InChI is InChI=1S/C25H36FNO2/c1-6-7-8-9-10-20-23(19-12-11-18(26)15-22(19)29)21(13-14-28)25(17(4)5)27-24(20)16(2)3/h11-12,15-17,28-29H,6-10,13-14H2,1-5H3. The molecule has 0 atom stereocenters. The summed E-state index contributed by atoms with van der Waals surface area (Å²) in [5, 5.41) is 20.4. The molecule has 0 spiro atoms. The molecule has 0 unspecified atom stereocenters. The first-order chi connectivity index (χ1) is 13.8. The number of aromatic hydroxyl groups is 1. The van der Waals surface area contributed by atoms with E-state index in [1.165, 1.54) is 25.0 Å². The number of unbranched alkanes of at least 4 members (excludes halogenated alkanes) is 3. The Morgan fingerprint density at radius 1 is 0.931 bits per heavy atom. The number of aliphatic hydroxyl groups is 1. The molecule has 2 rings (SSSR count). The van der Waals surface area contributed by atoms with Gasteiger partial charge in [0, 0.05) is 29.6 Å². The van der Waals surface area contributed by atoms with Crippen molar-refractivity contribution in [2.45, 2.75) is 85.0 Å². The fourth-order valence-electron chi connectivity index (χ4n) is 4.05. The van der Waals surface area contributed by atoms with E-state index >= 15 is 0 Å². The fourth-order valence-corrected chi connectivity index (χ4v) is 4.05. The Kier molecular flexibility index (Phi) is 8.63. The van der Waals surface area contributed by atoms with Crippen molar-refractivity contribution in [3.63, 3.8) is 0 Å². The van der Waals surface area contributed by atoms with Crippen LogP contribution in [-0.2, 0) is 12.8 Å². The number of hydrogen-bond donors (Lipinski definition) is 2. The second kappa shape index (κ2) is 10.7. The lowest BCUT2D eigenvalue weighted by Crippen LogP contribution is -2.13. The van der Waals surface area contributed by atoms with Gasteiger partial charge in [0.15, 0.2) is 0 Å². The normalized spacial score (nSPS) is 11.6. The van der Waals surface area contributed by atoms with Crippen LogP contribution in [0.5, 0.6) is 5.75 Å². The smallest absolute Gasteiger partial charge is 0.126 e. The largest absolute Gasteiger partial charge is 0.507 e. The van der Waals surface area contributed by atoms with Crippen molar-refractivity contribution in [2.24, 2.45) is 0 Å². The van der Waals surface area contributed by atoms with Crippen molar-refractivity contribution >= 4 is 0 Å². The molecule has 3 nitrogen and oxygen atoms in total. The van der Waals surface area contributed by atoms with E-state index in [1.54, 1.807) is 6.07 Å². The summed E-state index contributed by atoms with van der Waals surface area (Å²) in [6, 6.07) is 4.22. The molecule has 2 aromatic rings. The van der Waals surface area contributed by atoms with E-state index in [-0.39, 0.29) is 24.2 Å². The van der Waals surface area contributed by atoms with Gasteiger partial charge in [0.2, 0.25) is 0 Å². The van der Waals surface area contributed by atoms with E-state index < -0.39 is 5.82 Å². The molecule has 4 heteroatoms. The van der Waals surface area contributed by atoms with Gasteiger partial charge in [-0.2, -0.15) is 0 Å². The number of pyridine rings is 1. The molecule has 0 aliphatic heterocycles. The van der Waals surface area contributed by atoms with E-state index in [9.17, 15) is 14.6 Å². The molecule has 2 N–H and O–H groups in total. The van der Waals surface area contributed by atoms with Crippen LogP contribution in [0.3, 0.4) is 0 Å². The molecule has 0 saturated carbocycles. The van der Waals surface area contributed by atoms with Gasteiger partial charge in [0.1, 0.15) is 11.6 Å². The van der Waals surface area contributed by atoms with Crippen LogP contribution in [0, 0.1) is 5.82 Å². The third-order valence-electron chi connectivity index (χ3n) is 5.43. The maximum absolute atomic E-state index is 13.7. The quantitative estimate of drug-likeness (QED) is 0.447. The maximum atomic E-state index is 13.7. The van der Waals surface area contributed by atoms with Crippen LogP contribution >= 0.6 is 0 Å². The first kappa shape index (κ1) is 23.3. The number of nitrogens with zero attached hydrogens (tertiary/aromatic N) is 1. The van der Waals surface area contributed by atoms with Gasteiger partial charge in [-0.3, -0.25) is 4.98 Å². The molecule has 29 heavy (non-hydrogen) atoms. The number of benzene rings is 1. The molecule has 1 aromatic carbocycles. The lowest BCUT2D eigenvalue weighted by atomic mass is 9.84. The molecule has 1 aromatic heterocycles. The van der Waals surface area contributed by atoms with E-state index in [1.807, 2.05) is 0 Å². The van der Waals surface area contributed by atoms with Crippen molar-refractivity contribution < 1.29 is 14.6 Å². The highest BCUT2D eigenvalue weighted by Crippen LogP contribution is 2.41. The molecule has 160 valence electrons. The number of phenolic OH excluding ortho intramolecular Hbond substituents is 1. The minimum absolute atomic E-state index is 0.00660. The monoisotopic (exact) mass is 401 g/mol. The molecule has 0 bridgehead atoms. The van der Waals surface area contributed by atoms with Crippen molar-refractivity contribution in [3.8, 4) is 16.9 Å². The second-order valence-electron chi connectivity index (χ2n) is 8.47. The van der Waals surface area contributed by atoms with E-state index in [0.29, 0.717) is 12.0 Å². The maximum Gasteiger partial charge on any atom is 0.126 e. The molecule has 0 aliphatic rings. The van der Waals surface area contributed by atoms with Gasteiger partial charge in [0.05, 0.1) is 0 Å². The van der Waals surface area contributed by atoms with Gasteiger partial charge in [0.25, 0.3) is 0 Å². The van der Waals surface area contributed by atoms with Crippen LogP contribution in [0.15, 0.2) is 18.2 Å². The average Bonchev–Trinajstić information content (AvgIpc) is 2.65. The fraction of sp³-hybridized carbons (Fsp3) is 0.560. The Labute approximate surface area is 175 Å². The second-order valence-corrected chi connectivity index (χ2v) is 8.47. The number of aromatic nitrogens is 1. The lowest BCUT2D eigenvalue weighted by Gasteiger charge is -2.25. The van der Waals surface area contributed by atoms with Gasteiger partial charge in [-0.25, -0.2) is 4.39 Å². The molecule has 0 amide bonds. The first-order valence-corrected chi connectivity index (χ1v) is 11.0. The molecule has 0 saturated heterocycles. The molecule has 0 fully saturated rings. The highest BCUT2D eigenvalue weighted by Gasteiger charge is 2.24. The van der Waals surface area contributed by atoms with Crippen molar-refractivity contribution in [1.82, 2.24) is 4.98 Å². The zero-order valence-corrected chi connectivity index (χ0v) is 18.6. The number of aliphatic hydroxyl groups excluding tert-OH is 1. The number of rotatable bonds is 10.